The summed E-state index contributed by atoms with van der Waals surface area (Å²) in [5, 5.41) is 3.90. The fourth-order valence-corrected chi connectivity index (χ4v) is 2.75. The fourth-order valence-electron chi connectivity index (χ4n) is 2.75. The molecule has 0 saturated heterocycles. The summed E-state index contributed by atoms with van der Waals surface area (Å²) < 4.78 is 0. The molecule has 0 aliphatic rings. The van der Waals surface area contributed by atoms with E-state index in [2.05, 4.69) is 63.3 Å². The molecule has 0 aliphatic heterocycles. The Morgan fingerprint density at radius 3 is 2.00 bits per heavy atom. The average molecular weight is 261 g/mol. The Bertz CT molecular complexity index is 312. The van der Waals surface area contributed by atoms with Gasteiger partial charge in [-0.2, -0.15) is 0 Å². The zero-order valence-electron chi connectivity index (χ0n) is 13.2. The van der Waals surface area contributed by atoms with Crippen LogP contribution in [0.3, 0.4) is 0 Å². The molecule has 0 aromatic heterocycles. The van der Waals surface area contributed by atoms with Crippen LogP contribution in [0.15, 0.2) is 30.3 Å². The number of benzene rings is 1. The Labute approximate surface area is 119 Å². The molecule has 1 heteroatoms. The van der Waals surface area contributed by atoms with Crippen LogP contribution in [-0.2, 0) is 0 Å². The summed E-state index contributed by atoms with van der Waals surface area (Å²) in [5.41, 5.74) is 1.44. The van der Waals surface area contributed by atoms with E-state index in [1.54, 1.807) is 0 Å². The molecule has 0 fully saturated rings. The lowest BCUT2D eigenvalue weighted by Gasteiger charge is -2.27. The first kappa shape index (κ1) is 16.2. The highest BCUT2D eigenvalue weighted by Crippen LogP contribution is 2.23. The maximum atomic E-state index is 3.90. The molecule has 1 rings (SSSR count). The predicted molar refractivity (Wildman–Crippen MR) is 85.4 cm³/mol. The van der Waals surface area contributed by atoms with Crippen molar-refractivity contribution in [3.05, 3.63) is 35.9 Å². The summed E-state index contributed by atoms with van der Waals surface area (Å²) in [7, 11) is 0. The third-order valence-electron chi connectivity index (χ3n) is 3.62. The SMILES string of the molecule is CCCC(CCC)NC(CC(C)C)c1ccccc1. The van der Waals surface area contributed by atoms with Gasteiger partial charge < -0.3 is 5.32 Å². The van der Waals surface area contributed by atoms with Gasteiger partial charge in [-0.25, -0.2) is 0 Å². The number of nitrogens with one attached hydrogen (secondary N) is 1. The van der Waals surface area contributed by atoms with E-state index in [1.165, 1.54) is 37.7 Å². The maximum absolute atomic E-state index is 3.90. The number of hydrogen-bond acceptors (Lipinski definition) is 1. The Morgan fingerprint density at radius 1 is 0.947 bits per heavy atom. The molecule has 0 spiro atoms. The third-order valence-corrected chi connectivity index (χ3v) is 3.62. The second-order valence-electron chi connectivity index (χ2n) is 6.03. The van der Waals surface area contributed by atoms with Gasteiger partial charge in [0.25, 0.3) is 0 Å². The largest absolute Gasteiger partial charge is 0.307 e. The first-order valence-electron chi connectivity index (χ1n) is 7.98. The molecule has 0 aliphatic carbocycles. The monoisotopic (exact) mass is 261 g/mol. The minimum Gasteiger partial charge on any atom is -0.307 e. The summed E-state index contributed by atoms with van der Waals surface area (Å²) in [6, 6.07) is 12.1. The lowest BCUT2D eigenvalue weighted by atomic mass is 9.95. The topological polar surface area (TPSA) is 12.0 Å². The summed E-state index contributed by atoms with van der Waals surface area (Å²) >= 11 is 0. The molecule has 1 nitrogen and oxygen atoms in total. The van der Waals surface area contributed by atoms with E-state index in [-0.39, 0.29) is 0 Å². The van der Waals surface area contributed by atoms with Crippen molar-refractivity contribution in [1.82, 2.24) is 5.32 Å². The normalized spacial score (nSPS) is 13.2. The van der Waals surface area contributed by atoms with Gasteiger partial charge in [-0.15, -0.1) is 0 Å². The van der Waals surface area contributed by atoms with Gasteiger partial charge in [-0.05, 0) is 30.7 Å². The van der Waals surface area contributed by atoms with Gasteiger partial charge >= 0.3 is 0 Å². The molecule has 1 aromatic carbocycles. The third kappa shape index (κ3) is 6.24. The first-order chi connectivity index (χ1) is 9.17. The van der Waals surface area contributed by atoms with Crippen molar-refractivity contribution in [2.75, 3.05) is 0 Å². The van der Waals surface area contributed by atoms with Crippen molar-refractivity contribution in [2.24, 2.45) is 5.92 Å². The molecule has 0 heterocycles. The first-order valence-corrected chi connectivity index (χ1v) is 7.98. The molecular weight excluding hydrogens is 230 g/mol. The maximum Gasteiger partial charge on any atom is 0.0325 e. The quantitative estimate of drug-likeness (QED) is 0.633. The van der Waals surface area contributed by atoms with Crippen LogP contribution < -0.4 is 5.32 Å². The molecule has 0 amide bonds. The zero-order chi connectivity index (χ0) is 14.1. The van der Waals surface area contributed by atoms with E-state index < -0.39 is 0 Å². The molecule has 108 valence electrons. The zero-order valence-corrected chi connectivity index (χ0v) is 13.2. The smallest absolute Gasteiger partial charge is 0.0325 e. The summed E-state index contributed by atoms with van der Waals surface area (Å²) in [4.78, 5) is 0. The van der Waals surface area contributed by atoms with Gasteiger partial charge in [-0.3, -0.25) is 0 Å². The molecule has 1 unspecified atom stereocenters. The molecule has 1 aromatic rings. The molecule has 19 heavy (non-hydrogen) atoms. The van der Waals surface area contributed by atoms with Crippen molar-refractivity contribution in [3.63, 3.8) is 0 Å². The molecule has 0 bridgehead atoms. The van der Waals surface area contributed by atoms with Crippen molar-refractivity contribution < 1.29 is 0 Å². The van der Waals surface area contributed by atoms with Crippen LogP contribution in [0.4, 0.5) is 0 Å². The van der Waals surface area contributed by atoms with E-state index in [9.17, 15) is 0 Å². The summed E-state index contributed by atoms with van der Waals surface area (Å²) in [6.45, 7) is 9.19. The lowest BCUT2D eigenvalue weighted by molar-refractivity contribution is 0.349. The van der Waals surface area contributed by atoms with Crippen LogP contribution in [0.2, 0.25) is 0 Å². The van der Waals surface area contributed by atoms with Gasteiger partial charge in [0.2, 0.25) is 0 Å². The Balaban J connectivity index is 2.73. The van der Waals surface area contributed by atoms with Crippen molar-refractivity contribution in [1.29, 1.82) is 0 Å². The Hall–Kier alpha value is -0.820. The van der Waals surface area contributed by atoms with Crippen LogP contribution in [0.25, 0.3) is 0 Å². The minimum atomic E-state index is 0.504. The highest BCUT2D eigenvalue weighted by molar-refractivity contribution is 5.19. The fraction of sp³-hybridized carbons (Fsp3) is 0.667. The predicted octanol–water partition coefficient (Wildman–Crippen LogP) is 5.33. The average Bonchev–Trinajstić information content (AvgIpc) is 2.39. The second-order valence-corrected chi connectivity index (χ2v) is 6.03. The van der Waals surface area contributed by atoms with E-state index in [0.717, 1.165) is 5.92 Å². The Kier molecular flexibility index (Phi) is 7.81. The van der Waals surface area contributed by atoms with Crippen LogP contribution >= 0.6 is 0 Å². The van der Waals surface area contributed by atoms with Crippen molar-refractivity contribution in [2.45, 2.75) is 71.9 Å². The number of rotatable bonds is 9. The van der Waals surface area contributed by atoms with Gasteiger partial charge in [-0.1, -0.05) is 70.9 Å². The standard InChI is InChI=1S/C18H31N/c1-5-10-17(11-6-2)19-18(14-15(3)4)16-12-8-7-9-13-16/h7-9,12-13,15,17-19H,5-6,10-11,14H2,1-4H3. The highest BCUT2D eigenvalue weighted by Gasteiger charge is 2.17. The van der Waals surface area contributed by atoms with Gasteiger partial charge in [0, 0.05) is 12.1 Å². The van der Waals surface area contributed by atoms with Crippen molar-refractivity contribution >= 4 is 0 Å². The van der Waals surface area contributed by atoms with Gasteiger partial charge in [0.05, 0.1) is 0 Å². The molecule has 0 radical (unpaired) electrons. The minimum absolute atomic E-state index is 0.504. The molecular formula is C18H31N. The highest BCUT2D eigenvalue weighted by atomic mass is 14.9. The van der Waals surface area contributed by atoms with Crippen LogP contribution in [0, 0.1) is 5.92 Å². The number of hydrogen-bond donors (Lipinski definition) is 1. The lowest BCUT2D eigenvalue weighted by Crippen LogP contribution is -2.33. The van der Waals surface area contributed by atoms with Crippen LogP contribution in [0.1, 0.15) is 71.4 Å². The molecule has 1 atom stereocenters. The van der Waals surface area contributed by atoms with Crippen LogP contribution in [-0.4, -0.2) is 6.04 Å². The van der Waals surface area contributed by atoms with Gasteiger partial charge in [0.1, 0.15) is 0 Å². The Morgan fingerprint density at radius 2 is 1.53 bits per heavy atom. The summed E-state index contributed by atoms with van der Waals surface area (Å²) in [6.07, 6.45) is 6.32. The van der Waals surface area contributed by atoms with E-state index in [0.29, 0.717) is 12.1 Å². The van der Waals surface area contributed by atoms with Crippen LogP contribution in [0.5, 0.6) is 0 Å². The van der Waals surface area contributed by atoms with Crippen molar-refractivity contribution in [3.8, 4) is 0 Å². The van der Waals surface area contributed by atoms with Gasteiger partial charge in [0.15, 0.2) is 0 Å². The van der Waals surface area contributed by atoms with E-state index in [1.807, 2.05) is 0 Å². The van der Waals surface area contributed by atoms with E-state index in [4.69, 9.17) is 0 Å². The molecule has 1 N–H and O–H groups in total. The molecule has 0 saturated carbocycles. The second kappa shape index (κ2) is 9.14. The summed E-state index contributed by atoms with van der Waals surface area (Å²) in [5.74, 6) is 0.724. The van der Waals surface area contributed by atoms with E-state index >= 15 is 0 Å².